The third-order valence-electron chi connectivity index (χ3n) is 5.52. The number of benzene rings is 1. The highest BCUT2D eigenvalue weighted by Crippen LogP contribution is 2.40. The number of halogens is 2. The zero-order valence-corrected chi connectivity index (χ0v) is 16.3. The first kappa shape index (κ1) is 17.8. The van der Waals surface area contributed by atoms with Gasteiger partial charge in [-0.3, -0.25) is 4.90 Å². The van der Waals surface area contributed by atoms with Gasteiger partial charge in [-0.1, -0.05) is 29.3 Å². The van der Waals surface area contributed by atoms with Crippen LogP contribution in [0.4, 0.5) is 4.79 Å². The lowest BCUT2D eigenvalue weighted by Crippen LogP contribution is -2.36. The lowest BCUT2D eigenvalue weighted by Gasteiger charge is -2.24. The molecule has 0 aliphatic carbocycles. The van der Waals surface area contributed by atoms with Gasteiger partial charge in [-0.05, 0) is 49.6 Å². The number of hydrogen-bond acceptors (Lipinski definition) is 3. The standard InChI is InChI=1S/C19H22Cl2N4O/c1-14-9-22-25(10-14)18(26)24-7-5-19(13-24)4-6-23(12-19)11-15-2-3-16(20)17(21)8-15/h2-3,8-10H,4-7,11-13H2,1H3. The monoisotopic (exact) mass is 392 g/mol. The van der Waals surface area contributed by atoms with E-state index in [4.69, 9.17) is 23.2 Å². The molecule has 7 heteroatoms. The summed E-state index contributed by atoms with van der Waals surface area (Å²) in [7, 11) is 0. The van der Waals surface area contributed by atoms with Gasteiger partial charge in [-0.2, -0.15) is 9.78 Å². The van der Waals surface area contributed by atoms with Gasteiger partial charge >= 0.3 is 6.03 Å². The van der Waals surface area contributed by atoms with Gasteiger partial charge in [0.15, 0.2) is 0 Å². The van der Waals surface area contributed by atoms with Gasteiger partial charge < -0.3 is 4.90 Å². The number of aromatic nitrogens is 2. The van der Waals surface area contributed by atoms with Crippen molar-refractivity contribution in [2.75, 3.05) is 26.2 Å². The Balaban J connectivity index is 1.38. The molecule has 2 aliphatic heterocycles. The topological polar surface area (TPSA) is 41.4 Å². The first-order valence-corrected chi connectivity index (χ1v) is 9.67. The van der Waals surface area contributed by atoms with Crippen LogP contribution in [0.2, 0.25) is 10.0 Å². The minimum absolute atomic E-state index is 0.0158. The molecular weight excluding hydrogens is 371 g/mol. The zero-order valence-electron chi connectivity index (χ0n) is 14.8. The largest absolute Gasteiger partial charge is 0.344 e. The Morgan fingerprint density at radius 3 is 2.73 bits per heavy atom. The van der Waals surface area contributed by atoms with Crippen molar-refractivity contribution in [1.29, 1.82) is 0 Å². The van der Waals surface area contributed by atoms with Crippen LogP contribution in [-0.4, -0.2) is 51.8 Å². The number of carbonyl (C=O) groups excluding carboxylic acids is 1. The van der Waals surface area contributed by atoms with Gasteiger partial charge in [-0.25, -0.2) is 4.79 Å². The number of hydrogen-bond donors (Lipinski definition) is 0. The number of likely N-dealkylation sites (tertiary alicyclic amines) is 2. The smallest absolute Gasteiger partial charge is 0.322 e. The van der Waals surface area contributed by atoms with E-state index in [-0.39, 0.29) is 11.4 Å². The Hall–Kier alpha value is -1.56. The van der Waals surface area contributed by atoms with Crippen LogP contribution in [0.1, 0.15) is 24.0 Å². The van der Waals surface area contributed by atoms with Gasteiger partial charge in [0.05, 0.1) is 16.2 Å². The maximum absolute atomic E-state index is 12.6. The highest BCUT2D eigenvalue weighted by molar-refractivity contribution is 6.42. The quantitative estimate of drug-likeness (QED) is 0.773. The van der Waals surface area contributed by atoms with E-state index in [1.165, 1.54) is 10.2 Å². The molecule has 0 saturated carbocycles. The minimum Gasteiger partial charge on any atom is -0.322 e. The van der Waals surface area contributed by atoms with Crippen LogP contribution < -0.4 is 0 Å². The van der Waals surface area contributed by atoms with E-state index in [0.29, 0.717) is 10.0 Å². The molecule has 5 nitrogen and oxygen atoms in total. The number of carbonyl (C=O) groups is 1. The highest BCUT2D eigenvalue weighted by atomic mass is 35.5. The van der Waals surface area contributed by atoms with E-state index >= 15 is 0 Å². The summed E-state index contributed by atoms with van der Waals surface area (Å²) in [6.07, 6.45) is 5.68. The molecular formula is C19H22Cl2N4O. The van der Waals surface area contributed by atoms with Crippen LogP contribution in [0.15, 0.2) is 30.6 Å². The SMILES string of the molecule is Cc1cnn(C(=O)N2CCC3(CCN(Cc4ccc(Cl)c(Cl)c4)C3)C2)c1. The predicted octanol–water partition coefficient (Wildman–Crippen LogP) is 4.06. The summed E-state index contributed by atoms with van der Waals surface area (Å²) in [5.74, 6) is 0. The molecule has 0 radical (unpaired) electrons. The molecule has 1 aromatic carbocycles. The third-order valence-corrected chi connectivity index (χ3v) is 6.26. The van der Waals surface area contributed by atoms with Crippen molar-refractivity contribution in [3.05, 3.63) is 51.8 Å². The lowest BCUT2D eigenvalue weighted by atomic mass is 9.86. The normalized spacial score (nSPS) is 23.3. The Morgan fingerprint density at radius 1 is 1.19 bits per heavy atom. The van der Waals surface area contributed by atoms with Crippen molar-refractivity contribution in [1.82, 2.24) is 19.6 Å². The summed E-state index contributed by atoms with van der Waals surface area (Å²) in [5.41, 5.74) is 2.38. The molecule has 2 aliphatic rings. The summed E-state index contributed by atoms with van der Waals surface area (Å²) in [6, 6.07) is 5.81. The van der Waals surface area contributed by atoms with Crippen LogP contribution in [0, 0.1) is 12.3 Å². The van der Waals surface area contributed by atoms with Gasteiger partial charge in [0.1, 0.15) is 0 Å². The Labute approximate surface area is 163 Å². The summed E-state index contributed by atoms with van der Waals surface area (Å²) < 4.78 is 1.46. The predicted molar refractivity (Wildman–Crippen MR) is 103 cm³/mol. The van der Waals surface area contributed by atoms with E-state index in [1.807, 2.05) is 30.0 Å². The van der Waals surface area contributed by atoms with E-state index in [0.717, 1.165) is 51.1 Å². The molecule has 1 unspecified atom stereocenters. The molecule has 2 aromatic rings. The fourth-order valence-electron chi connectivity index (χ4n) is 4.15. The number of rotatable bonds is 2. The van der Waals surface area contributed by atoms with Crippen LogP contribution in [0.5, 0.6) is 0 Å². The summed E-state index contributed by atoms with van der Waals surface area (Å²) in [6.45, 7) is 6.48. The average molecular weight is 393 g/mol. The maximum Gasteiger partial charge on any atom is 0.344 e. The molecule has 26 heavy (non-hydrogen) atoms. The van der Waals surface area contributed by atoms with Gasteiger partial charge in [0, 0.05) is 37.8 Å². The molecule has 2 fully saturated rings. The van der Waals surface area contributed by atoms with E-state index in [2.05, 4.69) is 10.00 Å². The molecule has 2 saturated heterocycles. The first-order chi connectivity index (χ1) is 12.4. The fourth-order valence-corrected chi connectivity index (χ4v) is 4.47. The zero-order chi connectivity index (χ0) is 18.3. The second-order valence-electron chi connectivity index (χ2n) is 7.63. The Kier molecular flexibility index (Phi) is 4.71. The van der Waals surface area contributed by atoms with E-state index in [9.17, 15) is 4.79 Å². The number of nitrogens with zero attached hydrogens (tertiary/aromatic N) is 4. The van der Waals surface area contributed by atoms with Gasteiger partial charge in [0.25, 0.3) is 0 Å². The van der Waals surface area contributed by atoms with Crippen molar-refractivity contribution in [3.8, 4) is 0 Å². The molecule has 0 bridgehead atoms. The molecule has 0 N–H and O–H groups in total. The van der Waals surface area contributed by atoms with Crippen molar-refractivity contribution < 1.29 is 4.79 Å². The van der Waals surface area contributed by atoms with Crippen molar-refractivity contribution in [3.63, 3.8) is 0 Å². The second kappa shape index (κ2) is 6.87. The third kappa shape index (κ3) is 3.48. The average Bonchev–Trinajstić information content (AvgIpc) is 3.32. The van der Waals surface area contributed by atoms with Gasteiger partial charge in [0.2, 0.25) is 0 Å². The first-order valence-electron chi connectivity index (χ1n) is 8.91. The van der Waals surface area contributed by atoms with Crippen LogP contribution >= 0.6 is 23.2 Å². The molecule has 4 rings (SSSR count). The summed E-state index contributed by atoms with van der Waals surface area (Å²) >= 11 is 12.1. The van der Waals surface area contributed by atoms with Crippen LogP contribution in [0.3, 0.4) is 0 Å². The van der Waals surface area contributed by atoms with Gasteiger partial charge in [-0.15, -0.1) is 0 Å². The second-order valence-corrected chi connectivity index (χ2v) is 8.44. The fraction of sp³-hybridized carbons (Fsp3) is 0.474. The molecule has 1 atom stereocenters. The Bertz CT molecular complexity index is 837. The molecule has 1 aromatic heterocycles. The molecule has 1 spiro atoms. The molecule has 3 heterocycles. The number of aryl methyl sites for hydroxylation is 1. The van der Waals surface area contributed by atoms with Crippen molar-refractivity contribution in [2.24, 2.45) is 5.41 Å². The van der Waals surface area contributed by atoms with E-state index in [1.54, 1.807) is 12.4 Å². The Morgan fingerprint density at radius 2 is 2.00 bits per heavy atom. The van der Waals surface area contributed by atoms with Crippen LogP contribution in [0.25, 0.3) is 0 Å². The summed E-state index contributed by atoms with van der Waals surface area (Å²) in [4.78, 5) is 17.0. The lowest BCUT2D eigenvalue weighted by molar-refractivity contribution is 0.196. The maximum atomic E-state index is 12.6. The summed E-state index contributed by atoms with van der Waals surface area (Å²) in [5, 5.41) is 5.35. The molecule has 1 amide bonds. The minimum atomic E-state index is -0.0158. The van der Waals surface area contributed by atoms with E-state index < -0.39 is 0 Å². The number of amides is 1. The van der Waals surface area contributed by atoms with Crippen LogP contribution in [-0.2, 0) is 6.54 Å². The highest BCUT2D eigenvalue weighted by Gasteiger charge is 2.44. The van der Waals surface area contributed by atoms with Crippen molar-refractivity contribution >= 4 is 29.2 Å². The molecule has 138 valence electrons. The van der Waals surface area contributed by atoms with Crippen molar-refractivity contribution in [2.45, 2.75) is 26.3 Å².